The van der Waals surface area contributed by atoms with Crippen molar-refractivity contribution in [2.45, 2.75) is 38.4 Å². The first-order valence-electron chi connectivity index (χ1n) is 10.0. The third-order valence-corrected chi connectivity index (χ3v) is 5.85. The SMILES string of the molecule is CC1(NCc2cccnc2)CCN(CCn2c(=O)ccc3ncc(F)cc32)CC1. The number of hydrogen-bond acceptors (Lipinski definition) is 5. The third-order valence-electron chi connectivity index (χ3n) is 5.85. The van der Waals surface area contributed by atoms with Gasteiger partial charge in [0.2, 0.25) is 0 Å². The van der Waals surface area contributed by atoms with Crippen LogP contribution in [-0.2, 0) is 13.1 Å². The summed E-state index contributed by atoms with van der Waals surface area (Å²) in [5, 5.41) is 3.68. The molecule has 0 aliphatic carbocycles. The zero-order chi connectivity index (χ0) is 20.3. The van der Waals surface area contributed by atoms with Gasteiger partial charge in [0.15, 0.2) is 0 Å². The quantitative estimate of drug-likeness (QED) is 0.695. The van der Waals surface area contributed by atoms with E-state index in [-0.39, 0.29) is 11.1 Å². The highest BCUT2D eigenvalue weighted by atomic mass is 19.1. The standard InChI is InChI=1S/C22H26FN5O/c1-22(26-15-17-3-2-8-24-14-17)6-9-27(10-7-22)11-12-28-20-13-18(23)16-25-19(20)4-5-21(28)29/h2-5,8,13-14,16,26H,6-7,9-12,15H2,1H3. The van der Waals surface area contributed by atoms with Crippen LogP contribution < -0.4 is 10.9 Å². The van der Waals surface area contributed by atoms with Gasteiger partial charge in [-0.3, -0.25) is 14.8 Å². The monoisotopic (exact) mass is 395 g/mol. The van der Waals surface area contributed by atoms with Crippen LogP contribution in [0, 0.1) is 5.82 Å². The molecule has 0 unspecified atom stereocenters. The van der Waals surface area contributed by atoms with E-state index < -0.39 is 5.82 Å². The van der Waals surface area contributed by atoms with Crippen LogP contribution in [0.2, 0.25) is 0 Å². The van der Waals surface area contributed by atoms with Crippen molar-refractivity contribution in [3.63, 3.8) is 0 Å². The maximum atomic E-state index is 13.6. The number of hydrogen-bond donors (Lipinski definition) is 1. The summed E-state index contributed by atoms with van der Waals surface area (Å²) in [4.78, 5) is 22.9. The van der Waals surface area contributed by atoms with Crippen molar-refractivity contribution in [2.75, 3.05) is 19.6 Å². The first kappa shape index (κ1) is 19.7. The highest BCUT2D eigenvalue weighted by molar-refractivity contribution is 5.74. The van der Waals surface area contributed by atoms with Crippen LogP contribution in [0.5, 0.6) is 0 Å². The summed E-state index contributed by atoms with van der Waals surface area (Å²) in [6, 6.07) is 8.58. The fourth-order valence-electron chi connectivity index (χ4n) is 3.88. The molecule has 0 aromatic carbocycles. The number of aromatic nitrogens is 3. The number of pyridine rings is 3. The molecule has 1 fully saturated rings. The van der Waals surface area contributed by atoms with E-state index in [0.29, 0.717) is 17.6 Å². The van der Waals surface area contributed by atoms with Gasteiger partial charge in [0.25, 0.3) is 5.56 Å². The van der Waals surface area contributed by atoms with Crippen LogP contribution in [0.4, 0.5) is 4.39 Å². The molecule has 29 heavy (non-hydrogen) atoms. The summed E-state index contributed by atoms with van der Waals surface area (Å²) < 4.78 is 15.2. The first-order valence-corrected chi connectivity index (χ1v) is 10.0. The van der Waals surface area contributed by atoms with E-state index in [4.69, 9.17) is 0 Å². The van der Waals surface area contributed by atoms with Crippen LogP contribution in [0.15, 0.2) is 53.7 Å². The Balaban J connectivity index is 1.35. The number of fused-ring (bicyclic) bond motifs is 1. The normalized spacial score (nSPS) is 16.9. The minimum absolute atomic E-state index is 0.0929. The molecule has 3 aromatic rings. The average Bonchev–Trinajstić information content (AvgIpc) is 2.74. The average molecular weight is 395 g/mol. The molecule has 0 spiro atoms. The van der Waals surface area contributed by atoms with E-state index in [9.17, 15) is 9.18 Å². The van der Waals surface area contributed by atoms with Gasteiger partial charge in [-0.25, -0.2) is 4.39 Å². The number of nitrogens with one attached hydrogen (secondary N) is 1. The van der Waals surface area contributed by atoms with Gasteiger partial charge in [0.1, 0.15) is 5.82 Å². The molecule has 4 heterocycles. The molecule has 0 atom stereocenters. The van der Waals surface area contributed by atoms with Gasteiger partial charge < -0.3 is 14.8 Å². The van der Waals surface area contributed by atoms with Crippen molar-refractivity contribution in [1.29, 1.82) is 0 Å². The number of nitrogens with zero attached hydrogens (tertiary/aromatic N) is 4. The Morgan fingerprint density at radius 3 is 2.76 bits per heavy atom. The smallest absolute Gasteiger partial charge is 0.251 e. The van der Waals surface area contributed by atoms with Crippen LogP contribution >= 0.6 is 0 Å². The molecule has 4 rings (SSSR count). The summed E-state index contributed by atoms with van der Waals surface area (Å²) in [5.74, 6) is -0.426. The van der Waals surface area contributed by atoms with Crippen molar-refractivity contribution in [3.8, 4) is 0 Å². The molecule has 152 valence electrons. The van der Waals surface area contributed by atoms with Gasteiger partial charge in [0, 0.05) is 49.7 Å². The first-order chi connectivity index (χ1) is 14.0. The van der Waals surface area contributed by atoms with E-state index in [0.717, 1.165) is 39.0 Å². The molecule has 1 aliphatic heterocycles. The second-order valence-corrected chi connectivity index (χ2v) is 8.00. The van der Waals surface area contributed by atoms with Crippen LogP contribution in [-0.4, -0.2) is 44.6 Å². The molecule has 0 radical (unpaired) electrons. The number of piperidine rings is 1. The number of likely N-dealkylation sites (tertiary alicyclic amines) is 1. The maximum absolute atomic E-state index is 13.6. The second kappa shape index (κ2) is 8.39. The highest BCUT2D eigenvalue weighted by Crippen LogP contribution is 2.22. The molecule has 6 nitrogen and oxygen atoms in total. The lowest BCUT2D eigenvalue weighted by Crippen LogP contribution is -2.51. The van der Waals surface area contributed by atoms with E-state index in [2.05, 4.69) is 33.2 Å². The van der Waals surface area contributed by atoms with E-state index >= 15 is 0 Å². The minimum atomic E-state index is -0.426. The Hall–Kier alpha value is -2.64. The molecule has 3 aromatic heterocycles. The fourth-order valence-corrected chi connectivity index (χ4v) is 3.88. The Morgan fingerprint density at radius 2 is 2.00 bits per heavy atom. The van der Waals surface area contributed by atoms with Crippen LogP contribution in [0.3, 0.4) is 0 Å². The molecule has 0 amide bonds. The van der Waals surface area contributed by atoms with E-state index in [1.54, 1.807) is 16.8 Å². The van der Waals surface area contributed by atoms with E-state index in [1.807, 2.05) is 12.3 Å². The van der Waals surface area contributed by atoms with Crippen LogP contribution in [0.25, 0.3) is 11.0 Å². The topological polar surface area (TPSA) is 63.1 Å². The van der Waals surface area contributed by atoms with Gasteiger partial charge in [-0.15, -0.1) is 0 Å². The predicted octanol–water partition coefficient (Wildman–Crippen LogP) is 2.57. The van der Waals surface area contributed by atoms with Gasteiger partial charge in [-0.05, 0) is 50.6 Å². The number of halogens is 1. The Bertz CT molecular complexity index is 1030. The molecule has 1 saturated heterocycles. The Labute approximate surface area is 169 Å². The molecule has 0 saturated carbocycles. The van der Waals surface area contributed by atoms with Crippen molar-refractivity contribution in [3.05, 3.63) is 70.7 Å². The summed E-state index contributed by atoms with van der Waals surface area (Å²) in [5.41, 5.74) is 2.35. The summed E-state index contributed by atoms with van der Waals surface area (Å²) >= 11 is 0. The van der Waals surface area contributed by atoms with Gasteiger partial charge in [-0.2, -0.15) is 0 Å². The molecular weight excluding hydrogens is 369 g/mol. The minimum Gasteiger partial charge on any atom is -0.307 e. The lowest BCUT2D eigenvalue weighted by Gasteiger charge is -2.40. The van der Waals surface area contributed by atoms with Gasteiger partial charge >= 0.3 is 0 Å². The molecule has 0 bridgehead atoms. The zero-order valence-corrected chi connectivity index (χ0v) is 16.6. The zero-order valence-electron chi connectivity index (χ0n) is 16.6. The molecule has 1 N–H and O–H groups in total. The van der Waals surface area contributed by atoms with Crippen LogP contribution in [0.1, 0.15) is 25.3 Å². The second-order valence-electron chi connectivity index (χ2n) is 8.00. The van der Waals surface area contributed by atoms with Gasteiger partial charge in [-0.1, -0.05) is 6.07 Å². The van der Waals surface area contributed by atoms with Crippen molar-refractivity contribution in [1.82, 2.24) is 24.8 Å². The molecule has 7 heteroatoms. The Kier molecular flexibility index (Phi) is 5.69. The molecule has 1 aliphatic rings. The van der Waals surface area contributed by atoms with Crippen molar-refractivity contribution in [2.24, 2.45) is 0 Å². The lowest BCUT2D eigenvalue weighted by atomic mass is 9.89. The lowest BCUT2D eigenvalue weighted by molar-refractivity contribution is 0.141. The largest absolute Gasteiger partial charge is 0.307 e. The fraction of sp³-hybridized carbons (Fsp3) is 0.409. The Morgan fingerprint density at radius 1 is 1.17 bits per heavy atom. The highest BCUT2D eigenvalue weighted by Gasteiger charge is 2.29. The summed E-state index contributed by atoms with van der Waals surface area (Å²) in [6.07, 6.45) is 6.93. The van der Waals surface area contributed by atoms with Crippen molar-refractivity contribution < 1.29 is 4.39 Å². The predicted molar refractivity (Wildman–Crippen MR) is 111 cm³/mol. The maximum Gasteiger partial charge on any atom is 0.251 e. The summed E-state index contributed by atoms with van der Waals surface area (Å²) in [7, 11) is 0. The van der Waals surface area contributed by atoms with E-state index in [1.165, 1.54) is 23.9 Å². The van der Waals surface area contributed by atoms with Crippen molar-refractivity contribution >= 4 is 11.0 Å². The summed E-state index contributed by atoms with van der Waals surface area (Å²) in [6.45, 7) is 6.29. The molecular formula is C22H26FN5O. The third kappa shape index (κ3) is 4.68. The number of rotatable bonds is 6. The van der Waals surface area contributed by atoms with Gasteiger partial charge in [0.05, 0.1) is 17.2 Å².